The Morgan fingerprint density at radius 1 is 1.42 bits per heavy atom. The molecule has 0 aliphatic carbocycles. The first-order valence-corrected chi connectivity index (χ1v) is 5.28. The molecule has 2 heterocycles. The average Bonchev–Trinajstić information content (AvgIpc) is 2.85. The van der Waals surface area contributed by atoms with Crippen LogP contribution in [0.4, 0.5) is 13.2 Å². The molecule has 0 radical (unpaired) electrons. The minimum absolute atomic E-state index is 0.190. The molecule has 19 heavy (non-hydrogen) atoms. The van der Waals surface area contributed by atoms with Gasteiger partial charge in [-0.3, -0.25) is 9.48 Å². The van der Waals surface area contributed by atoms with Gasteiger partial charge in [-0.25, -0.2) is 4.68 Å². The molecule has 2 aromatic rings. The maximum absolute atomic E-state index is 12.2. The number of Topliss-reactive ketones (excluding diaryl/α,β-unsaturated/α-hetero) is 1. The zero-order chi connectivity index (χ0) is 14.2. The van der Waals surface area contributed by atoms with Crippen LogP contribution in [0.5, 0.6) is 0 Å². The molecule has 0 saturated carbocycles. The number of hydrogen-bond donors (Lipinski definition) is 0. The minimum atomic E-state index is -4.94. The van der Waals surface area contributed by atoms with Crippen molar-refractivity contribution >= 4 is 5.78 Å². The fourth-order valence-corrected chi connectivity index (χ4v) is 1.60. The average molecular weight is 273 g/mol. The molecule has 2 aromatic heterocycles. The molecule has 0 N–H and O–H groups in total. The van der Waals surface area contributed by atoms with Crippen molar-refractivity contribution < 1.29 is 18.0 Å². The third-order valence-corrected chi connectivity index (χ3v) is 2.45. The first kappa shape index (κ1) is 13.2. The van der Waals surface area contributed by atoms with Crippen molar-refractivity contribution in [2.75, 3.05) is 0 Å². The molecule has 6 nitrogen and oxygen atoms in total. The molecule has 0 bridgehead atoms. The summed E-state index contributed by atoms with van der Waals surface area (Å²) in [6, 6.07) is 1.77. The number of aryl methyl sites for hydroxylation is 2. The van der Waals surface area contributed by atoms with Crippen LogP contribution >= 0.6 is 0 Å². The fraction of sp³-hybridized carbons (Fsp3) is 0.400. The van der Waals surface area contributed by atoms with Gasteiger partial charge >= 0.3 is 6.18 Å². The predicted octanol–water partition coefficient (Wildman–Crippen LogP) is 1.11. The summed E-state index contributed by atoms with van der Waals surface area (Å²) in [5.41, 5.74) is 0.809. The second-order valence-electron chi connectivity index (χ2n) is 4.03. The van der Waals surface area contributed by atoms with E-state index < -0.39 is 17.7 Å². The van der Waals surface area contributed by atoms with Crippen LogP contribution in [-0.4, -0.2) is 36.7 Å². The Labute approximate surface area is 105 Å². The Morgan fingerprint density at radius 3 is 2.63 bits per heavy atom. The summed E-state index contributed by atoms with van der Waals surface area (Å²) in [4.78, 5) is 10.9. The van der Waals surface area contributed by atoms with Gasteiger partial charge in [-0.1, -0.05) is 5.21 Å². The van der Waals surface area contributed by atoms with Gasteiger partial charge in [0.05, 0.1) is 24.1 Å². The molecule has 102 valence electrons. The molecule has 9 heteroatoms. The van der Waals surface area contributed by atoms with Gasteiger partial charge in [0.25, 0.3) is 5.78 Å². The lowest BCUT2D eigenvalue weighted by Gasteiger charge is -2.01. The topological polar surface area (TPSA) is 65.6 Å². The van der Waals surface area contributed by atoms with Crippen molar-refractivity contribution in [1.29, 1.82) is 0 Å². The Hall–Kier alpha value is -2.19. The highest BCUT2D eigenvalue weighted by Crippen LogP contribution is 2.20. The molecule has 2 rings (SSSR count). The number of alkyl halides is 3. The molecule has 0 saturated heterocycles. The van der Waals surface area contributed by atoms with Crippen LogP contribution < -0.4 is 0 Å². The van der Waals surface area contributed by atoms with Crippen molar-refractivity contribution in [1.82, 2.24) is 24.8 Å². The number of rotatable bonds is 3. The third-order valence-electron chi connectivity index (χ3n) is 2.45. The summed E-state index contributed by atoms with van der Waals surface area (Å²) in [7, 11) is 1.71. The quantitative estimate of drug-likeness (QED) is 0.786. The van der Waals surface area contributed by atoms with Gasteiger partial charge in [0.2, 0.25) is 0 Å². The van der Waals surface area contributed by atoms with Crippen molar-refractivity contribution in [3.05, 3.63) is 29.3 Å². The van der Waals surface area contributed by atoms with E-state index in [1.165, 1.54) is 0 Å². The summed E-state index contributed by atoms with van der Waals surface area (Å²) >= 11 is 0. The number of carbonyl (C=O) groups is 1. The van der Waals surface area contributed by atoms with E-state index in [1.807, 2.05) is 0 Å². The van der Waals surface area contributed by atoms with Gasteiger partial charge < -0.3 is 0 Å². The highest BCUT2D eigenvalue weighted by molar-refractivity contribution is 5.98. The molecule has 0 fully saturated rings. The number of halogens is 3. The number of ketones is 1. The van der Waals surface area contributed by atoms with E-state index in [0.717, 1.165) is 22.3 Å². The van der Waals surface area contributed by atoms with Crippen molar-refractivity contribution in [3.8, 4) is 0 Å². The lowest BCUT2D eigenvalue weighted by atomic mass is 10.3. The van der Waals surface area contributed by atoms with E-state index >= 15 is 0 Å². The van der Waals surface area contributed by atoms with Gasteiger partial charge in [0, 0.05) is 7.05 Å². The monoisotopic (exact) mass is 273 g/mol. The van der Waals surface area contributed by atoms with E-state index in [0.29, 0.717) is 0 Å². The van der Waals surface area contributed by atoms with Gasteiger partial charge in [0.1, 0.15) is 0 Å². The summed E-state index contributed by atoms with van der Waals surface area (Å²) in [6.45, 7) is 1.99. The molecule has 0 aliphatic heterocycles. The number of hydrogen-bond acceptors (Lipinski definition) is 4. The summed E-state index contributed by atoms with van der Waals surface area (Å²) < 4.78 is 39.3. The van der Waals surface area contributed by atoms with Crippen LogP contribution in [0, 0.1) is 6.92 Å². The smallest absolute Gasteiger partial charge is 0.282 e. The van der Waals surface area contributed by atoms with Crippen LogP contribution in [0.1, 0.15) is 21.9 Å². The summed E-state index contributed by atoms with van der Waals surface area (Å²) in [6.07, 6.45) is -3.97. The van der Waals surface area contributed by atoms with Crippen molar-refractivity contribution in [2.45, 2.75) is 19.6 Å². The predicted molar refractivity (Wildman–Crippen MR) is 57.5 cm³/mol. The third kappa shape index (κ3) is 2.80. The highest BCUT2D eigenvalue weighted by Gasteiger charge is 2.41. The number of nitrogens with zero attached hydrogens (tertiary/aromatic N) is 5. The Bertz CT molecular complexity index is 613. The van der Waals surface area contributed by atoms with E-state index in [9.17, 15) is 18.0 Å². The SMILES string of the molecule is Cc1cc(Cn2cc(C(=O)C(F)(F)F)nn2)n(C)n1. The van der Waals surface area contributed by atoms with Gasteiger partial charge in [0.15, 0.2) is 5.69 Å². The zero-order valence-corrected chi connectivity index (χ0v) is 10.1. The first-order chi connectivity index (χ1) is 8.77. The first-order valence-electron chi connectivity index (χ1n) is 5.28. The summed E-state index contributed by atoms with van der Waals surface area (Å²) in [5, 5.41) is 10.8. The molecule has 0 unspecified atom stereocenters. The molecule has 0 atom stereocenters. The fourth-order valence-electron chi connectivity index (χ4n) is 1.60. The molecule has 0 spiro atoms. The normalized spacial score (nSPS) is 11.8. The van der Waals surface area contributed by atoms with Crippen molar-refractivity contribution in [2.24, 2.45) is 7.05 Å². The number of aromatic nitrogens is 5. The van der Waals surface area contributed by atoms with Crippen LogP contribution in [0.3, 0.4) is 0 Å². The standard InChI is InChI=1S/C10H10F3N5O/c1-6-3-7(17(2)15-6)4-18-5-8(14-16-18)9(19)10(11,12)13/h3,5H,4H2,1-2H3. The Morgan fingerprint density at radius 2 is 2.11 bits per heavy atom. The second kappa shape index (κ2) is 4.48. The zero-order valence-electron chi connectivity index (χ0n) is 10.1. The minimum Gasteiger partial charge on any atom is -0.282 e. The lowest BCUT2D eigenvalue weighted by Crippen LogP contribution is -2.23. The molecular formula is C10H10F3N5O. The largest absolute Gasteiger partial charge is 0.456 e. The molecule has 0 aromatic carbocycles. The highest BCUT2D eigenvalue weighted by atomic mass is 19.4. The van der Waals surface area contributed by atoms with Crippen molar-refractivity contribution in [3.63, 3.8) is 0 Å². The Kier molecular flexibility index (Phi) is 3.13. The van der Waals surface area contributed by atoms with Crippen LogP contribution in [0.2, 0.25) is 0 Å². The lowest BCUT2D eigenvalue weighted by molar-refractivity contribution is -0.0888. The maximum atomic E-state index is 12.2. The van der Waals surface area contributed by atoms with Crippen LogP contribution in [0.25, 0.3) is 0 Å². The molecular weight excluding hydrogens is 263 g/mol. The molecule has 0 aliphatic rings. The van der Waals surface area contributed by atoms with Crippen LogP contribution in [0.15, 0.2) is 12.3 Å². The van der Waals surface area contributed by atoms with Gasteiger partial charge in [-0.05, 0) is 13.0 Å². The van der Waals surface area contributed by atoms with Gasteiger partial charge in [-0.15, -0.1) is 5.10 Å². The Balaban J connectivity index is 2.18. The van der Waals surface area contributed by atoms with E-state index in [-0.39, 0.29) is 6.54 Å². The summed E-state index contributed by atoms with van der Waals surface area (Å²) in [5.74, 6) is -2.00. The van der Waals surface area contributed by atoms with E-state index in [4.69, 9.17) is 0 Å². The van der Waals surface area contributed by atoms with E-state index in [1.54, 1.807) is 24.7 Å². The van der Waals surface area contributed by atoms with Gasteiger partial charge in [-0.2, -0.15) is 18.3 Å². The van der Waals surface area contributed by atoms with E-state index in [2.05, 4.69) is 15.4 Å². The molecule has 0 amide bonds. The maximum Gasteiger partial charge on any atom is 0.456 e. The second-order valence-corrected chi connectivity index (χ2v) is 4.03. The number of carbonyl (C=O) groups excluding carboxylic acids is 1. The van der Waals surface area contributed by atoms with Crippen LogP contribution in [-0.2, 0) is 13.6 Å².